The van der Waals surface area contributed by atoms with Gasteiger partial charge in [0.1, 0.15) is 6.61 Å². The lowest BCUT2D eigenvalue weighted by Crippen LogP contribution is -2.23. The van der Waals surface area contributed by atoms with Crippen molar-refractivity contribution in [2.45, 2.75) is 12.8 Å². The summed E-state index contributed by atoms with van der Waals surface area (Å²) in [6.07, 6.45) is 6.44. The van der Waals surface area contributed by atoms with Gasteiger partial charge in [-0.15, -0.1) is 0 Å². The van der Waals surface area contributed by atoms with Gasteiger partial charge in [-0.1, -0.05) is 12.2 Å². The first-order chi connectivity index (χ1) is 11.3. The van der Waals surface area contributed by atoms with E-state index in [1.165, 1.54) is 0 Å². The summed E-state index contributed by atoms with van der Waals surface area (Å²) in [6, 6.07) is 0. The molecule has 0 saturated heterocycles. The van der Waals surface area contributed by atoms with Gasteiger partial charge in [0.05, 0.1) is 52.2 Å². The van der Waals surface area contributed by atoms with Crippen LogP contribution in [0.2, 0.25) is 0 Å². The third-order valence-electron chi connectivity index (χ3n) is 4.23. The standard InChI is InChI=1S/C17H28O6/c1-19-4-5-20-6-7-21-8-9-22-10-11-23-17(18)16-13-14-2-3-15(16)12-14/h2-3,14-16H,4-13H2,1H3. The van der Waals surface area contributed by atoms with E-state index < -0.39 is 0 Å². The van der Waals surface area contributed by atoms with E-state index in [1.54, 1.807) is 7.11 Å². The zero-order chi connectivity index (χ0) is 16.3. The third-order valence-corrected chi connectivity index (χ3v) is 4.23. The van der Waals surface area contributed by atoms with Crippen LogP contribution in [-0.4, -0.2) is 65.9 Å². The highest BCUT2D eigenvalue weighted by Gasteiger charge is 2.40. The number of carbonyl (C=O) groups is 1. The van der Waals surface area contributed by atoms with Crippen molar-refractivity contribution >= 4 is 5.97 Å². The molecule has 0 aromatic carbocycles. The first kappa shape index (κ1) is 18.4. The second-order valence-electron chi connectivity index (χ2n) is 5.88. The Balaban J connectivity index is 1.34. The highest BCUT2D eigenvalue weighted by atomic mass is 16.6. The average molecular weight is 328 g/mol. The van der Waals surface area contributed by atoms with Crippen LogP contribution in [-0.2, 0) is 28.5 Å². The Morgan fingerprint density at radius 2 is 1.48 bits per heavy atom. The normalized spacial score (nSPS) is 25.2. The summed E-state index contributed by atoms with van der Waals surface area (Å²) in [6.45, 7) is 4.01. The molecular formula is C17H28O6. The summed E-state index contributed by atoms with van der Waals surface area (Å²) in [7, 11) is 1.64. The Morgan fingerprint density at radius 3 is 2.00 bits per heavy atom. The molecule has 6 heteroatoms. The molecule has 2 rings (SSSR count). The van der Waals surface area contributed by atoms with Crippen LogP contribution < -0.4 is 0 Å². The molecule has 2 aliphatic rings. The fraction of sp³-hybridized carbons (Fsp3) is 0.824. The SMILES string of the molecule is COCCOCCOCCOCCOC(=O)C1CC2C=CC1C2. The molecule has 1 fully saturated rings. The van der Waals surface area contributed by atoms with E-state index in [4.69, 9.17) is 23.7 Å². The Bertz CT molecular complexity index is 370. The summed E-state index contributed by atoms with van der Waals surface area (Å²) in [5.41, 5.74) is 0. The van der Waals surface area contributed by atoms with Crippen molar-refractivity contribution in [3.8, 4) is 0 Å². The van der Waals surface area contributed by atoms with Gasteiger partial charge < -0.3 is 23.7 Å². The summed E-state index contributed by atoms with van der Waals surface area (Å²) in [5.74, 6) is 0.971. The summed E-state index contributed by atoms with van der Waals surface area (Å²) in [5, 5.41) is 0. The third kappa shape index (κ3) is 6.59. The largest absolute Gasteiger partial charge is 0.463 e. The van der Waals surface area contributed by atoms with Crippen molar-refractivity contribution in [2.24, 2.45) is 17.8 Å². The summed E-state index contributed by atoms with van der Waals surface area (Å²) < 4.78 is 26.1. The van der Waals surface area contributed by atoms with Crippen molar-refractivity contribution < 1.29 is 28.5 Å². The molecule has 6 nitrogen and oxygen atoms in total. The molecular weight excluding hydrogens is 300 g/mol. The van der Waals surface area contributed by atoms with Gasteiger partial charge in [0, 0.05) is 7.11 Å². The van der Waals surface area contributed by atoms with E-state index in [-0.39, 0.29) is 11.9 Å². The predicted octanol–water partition coefficient (Wildman–Crippen LogP) is 1.44. The summed E-state index contributed by atoms with van der Waals surface area (Å²) >= 11 is 0. The Kier molecular flexibility index (Phi) is 8.60. The lowest BCUT2D eigenvalue weighted by atomic mass is 9.94. The minimum Gasteiger partial charge on any atom is -0.463 e. The number of ether oxygens (including phenoxy) is 5. The topological polar surface area (TPSA) is 63.2 Å². The highest BCUT2D eigenvalue weighted by Crippen LogP contribution is 2.43. The monoisotopic (exact) mass is 328 g/mol. The highest BCUT2D eigenvalue weighted by molar-refractivity contribution is 5.74. The number of esters is 1. The van der Waals surface area contributed by atoms with Gasteiger partial charge >= 0.3 is 5.97 Å². The van der Waals surface area contributed by atoms with Crippen molar-refractivity contribution in [2.75, 3.05) is 60.0 Å². The van der Waals surface area contributed by atoms with Gasteiger partial charge in [-0.2, -0.15) is 0 Å². The van der Waals surface area contributed by atoms with Crippen LogP contribution in [0.3, 0.4) is 0 Å². The fourth-order valence-electron chi connectivity index (χ4n) is 3.04. The van der Waals surface area contributed by atoms with Gasteiger partial charge in [-0.25, -0.2) is 0 Å². The minimum absolute atomic E-state index is 0.0615. The zero-order valence-electron chi connectivity index (χ0n) is 13.9. The van der Waals surface area contributed by atoms with E-state index in [0.717, 1.165) is 12.8 Å². The predicted molar refractivity (Wildman–Crippen MR) is 84.1 cm³/mol. The van der Waals surface area contributed by atoms with Crippen LogP contribution in [0.5, 0.6) is 0 Å². The molecule has 3 atom stereocenters. The van der Waals surface area contributed by atoms with Gasteiger partial charge in [0.25, 0.3) is 0 Å². The van der Waals surface area contributed by atoms with Gasteiger partial charge in [0.15, 0.2) is 0 Å². The molecule has 0 aromatic heterocycles. The summed E-state index contributed by atoms with van der Waals surface area (Å²) in [4.78, 5) is 12.0. The number of hydrogen-bond donors (Lipinski definition) is 0. The molecule has 0 N–H and O–H groups in total. The fourth-order valence-corrected chi connectivity index (χ4v) is 3.04. The van der Waals surface area contributed by atoms with Crippen LogP contribution in [0.25, 0.3) is 0 Å². The Hall–Kier alpha value is -0.950. The number of allylic oxidation sites excluding steroid dienone is 2. The van der Waals surface area contributed by atoms with Crippen LogP contribution in [0.15, 0.2) is 12.2 Å². The molecule has 3 unspecified atom stereocenters. The maximum atomic E-state index is 12.0. The van der Waals surface area contributed by atoms with Crippen LogP contribution >= 0.6 is 0 Å². The molecule has 0 amide bonds. The van der Waals surface area contributed by atoms with Crippen molar-refractivity contribution in [1.29, 1.82) is 0 Å². The van der Waals surface area contributed by atoms with E-state index in [0.29, 0.717) is 64.7 Å². The maximum Gasteiger partial charge on any atom is 0.309 e. The maximum absolute atomic E-state index is 12.0. The van der Waals surface area contributed by atoms with Crippen LogP contribution in [0.1, 0.15) is 12.8 Å². The second kappa shape index (κ2) is 10.8. The molecule has 2 bridgehead atoms. The molecule has 0 aliphatic heterocycles. The molecule has 0 aromatic rings. The van der Waals surface area contributed by atoms with Crippen LogP contribution in [0, 0.1) is 17.8 Å². The molecule has 0 radical (unpaired) electrons. The first-order valence-corrected chi connectivity index (χ1v) is 8.38. The van der Waals surface area contributed by atoms with Gasteiger partial charge in [-0.05, 0) is 24.7 Å². The van der Waals surface area contributed by atoms with Crippen molar-refractivity contribution in [3.05, 3.63) is 12.2 Å². The first-order valence-electron chi connectivity index (χ1n) is 8.38. The van der Waals surface area contributed by atoms with Crippen LogP contribution in [0.4, 0.5) is 0 Å². The zero-order valence-corrected chi connectivity index (χ0v) is 13.9. The van der Waals surface area contributed by atoms with Gasteiger partial charge in [0.2, 0.25) is 0 Å². The Morgan fingerprint density at radius 1 is 0.870 bits per heavy atom. The smallest absolute Gasteiger partial charge is 0.309 e. The second-order valence-corrected chi connectivity index (χ2v) is 5.88. The number of methoxy groups -OCH3 is 1. The van der Waals surface area contributed by atoms with E-state index in [1.807, 2.05) is 0 Å². The lowest BCUT2D eigenvalue weighted by Gasteiger charge is -2.16. The van der Waals surface area contributed by atoms with Crippen molar-refractivity contribution in [1.82, 2.24) is 0 Å². The van der Waals surface area contributed by atoms with Crippen molar-refractivity contribution in [3.63, 3.8) is 0 Å². The van der Waals surface area contributed by atoms with E-state index >= 15 is 0 Å². The van der Waals surface area contributed by atoms with Gasteiger partial charge in [-0.3, -0.25) is 4.79 Å². The number of fused-ring (bicyclic) bond motifs is 2. The number of carbonyl (C=O) groups excluding carboxylic acids is 1. The molecule has 0 spiro atoms. The minimum atomic E-state index is -0.0742. The Labute approximate surface area is 138 Å². The quantitative estimate of drug-likeness (QED) is 0.290. The molecule has 1 saturated carbocycles. The average Bonchev–Trinajstić information content (AvgIpc) is 3.19. The van der Waals surface area contributed by atoms with E-state index in [2.05, 4.69) is 12.2 Å². The lowest BCUT2D eigenvalue weighted by molar-refractivity contribution is -0.151. The van der Waals surface area contributed by atoms with E-state index in [9.17, 15) is 4.79 Å². The molecule has 132 valence electrons. The molecule has 2 aliphatic carbocycles. The molecule has 23 heavy (non-hydrogen) atoms. The number of rotatable bonds is 13. The molecule has 0 heterocycles. The number of hydrogen-bond acceptors (Lipinski definition) is 6.